The fraction of sp³-hybridized carbons (Fsp3) is 0.300. The number of benzene rings is 2. The Labute approximate surface area is 166 Å². The summed E-state index contributed by atoms with van der Waals surface area (Å²) >= 11 is 0. The molecule has 3 amide bonds. The van der Waals surface area contributed by atoms with Crippen LogP contribution in [0.3, 0.4) is 0 Å². The van der Waals surface area contributed by atoms with Gasteiger partial charge in [0.1, 0.15) is 23.4 Å². The minimum atomic E-state index is -1.19. The van der Waals surface area contributed by atoms with E-state index in [1.165, 1.54) is 12.0 Å². The lowest BCUT2D eigenvalue weighted by Gasteiger charge is -2.20. The second-order valence-electron chi connectivity index (χ2n) is 6.56. The molecule has 1 heterocycles. The number of hydrogen-bond donors (Lipinski definition) is 3. The summed E-state index contributed by atoms with van der Waals surface area (Å²) in [6.45, 7) is -0.363. The SMILES string of the molecule is COc1cc(F)c(C2CN(CCO)C(=O)C2NC(=O)Nc2ccccc2)c(F)c1. The van der Waals surface area contributed by atoms with Crippen LogP contribution in [0.5, 0.6) is 5.75 Å². The van der Waals surface area contributed by atoms with Crippen LogP contribution in [0.2, 0.25) is 0 Å². The van der Waals surface area contributed by atoms with E-state index in [9.17, 15) is 23.5 Å². The van der Waals surface area contributed by atoms with Crippen LogP contribution in [0, 0.1) is 11.6 Å². The van der Waals surface area contributed by atoms with Crippen molar-refractivity contribution in [2.45, 2.75) is 12.0 Å². The molecule has 0 bridgehead atoms. The first-order valence-electron chi connectivity index (χ1n) is 8.99. The predicted octanol–water partition coefficient (Wildman–Crippen LogP) is 2.08. The number of likely N-dealkylation sites (tertiary alicyclic amines) is 1. The van der Waals surface area contributed by atoms with Gasteiger partial charge in [-0.15, -0.1) is 0 Å². The zero-order chi connectivity index (χ0) is 21.0. The molecule has 154 valence electrons. The lowest BCUT2D eigenvalue weighted by Crippen LogP contribution is -2.45. The molecule has 1 fully saturated rings. The summed E-state index contributed by atoms with van der Waals surface area (Å²) in [5.74, 6) is -3.24. The molecule has 0 saturated carbocycles. The van der Waals surface area contributed by atoms with Crippen LogP contribution in [0.1, 0.15) is 11.5 Å². The fourth-order valence-corrected chi connectivity index (χ4v) is 3.41. The smallest absolute Gasteiger partial charge is 0.319 e. The third-order valence-electron chi connectivity index (χ3n) is 4.74. The molecular formula is C20H21F2N3O4. The number of methoxy groups -OCH3 is 1. The average Bonchev–Trinajstić information content (AvgIpc) is 2.98. The van der Waals surface area contributed by atoms with E-state index >= 15 is 0 Å². The van der Waals surface area contributed by atoms with Crippen LogP contribution in [0.15, 0.2) is 42.5 Å². The second-order valence-corrected chi connectivity index (χ2v) is 6.56. The van der Waals surface area contributed by atoms with E-state index in [1.54, 1.807) is 30.3 Å². The molecule has 0 aliphatic carbocycles. The number of anilines is 1. The number of carbonyl (C=O) groups excluding carboxylic acids is 2. The van der Waals surface area contributed by atoms with E-state index in [0.717, 1.165) is 12.1 Å². The summed E-state index contributed by atoms with van der Waals surface area (Å²) in [7, 11) is 1.29. The Kier molecular flexibility index (Phi) is 6.28. The highest BCUT2D eigenvalue weighted by Gasteiger charge is 2.44. The van der Waals surface area contributed by atoms with Crippen molar-refractivity contribution in [1.29, 1.82) is 0 Å². The molecule has 7 nitrogen and oxygen atoms in total. The number of ether oxygens (including phenoxy) is 1. The third-order valence-corrected chi connectivity index (χ3v) is 4.74. The minimum Gasteiger partial charge on any atom is -0.497 e. The summed E-state index contributed by atoms with van der Waals surface area (Å²) in [5.41, 5.74) is 0.186. The lowest BCUT2D eigenvalue weighted by atomic mass is 9.93. The molecule has 0 aromatic heterocycles. The molecule has 2 atom stereocenters. The van der Waals surface area contributed by atoms with Gasteiger partial charge in [0, 0.05) is 42.4 Å². The van der Waals surface area contributed by atoms with E-state index in [2.05, 4.69) is 10.6 Å². The fourth-order valence-electron chi connectivity index (χ4n) is 3.41. The van der Waals surface area contributed by atoms with Gasteiger partial charge in [-0.3, -0.25) is 4.79 Å². The van der Waals surface area contributed by atoms with E-state index in [1.807, 2.05) is 0 Å². The molecule has 0 spiro atoms. The van der Waals surface area contributed by atoms with Gasteiger partial charge < -0.3 is 25.4 Å². The molecule has 29 heavy (non-hydrogen) atoms. The minimum absolute atomic E-state index is 0.00613. The van der Waals surface area contributed by atoms with E-state index in [4.69, 9.17) is 4.74 Å². The highest BCUT2D eigenvalue weighted by Crippen LogP contribution is 2.34. The Morgan fingerprint density at radius 1 is 1.24 bits per heavy atom. The molecule has 1 aliphatic rings. The first kappa shape index (κ1) is 20.5. The monoisotopic (exact) mass is 405 g/mol. The summed E-state index contributed by atoms with van der Waals surface area (Å²) in [6, 6.07) is 8.73. The summed E-state index contributed by atoms with van der Waals surface area (Å²) in [5, 5.41) is 14.3. The molecule has 3 N–H and O–H groups in total. The normalized spacial score (nSPS) is 18.6. The maximum absolute atomic E-state index is 14.6. The first-order chi connectivity index (χ1) is 13.9. The Morgan fingerprint density at radius 2 is 1.90 bits per heavy atom. The second kappa shape index (κ2) is 8.87. The maximum atomic E-state index is 14.6. The zero-order valence-corrected chi connectivity index (χ0v) is 15.7. The lowest BCUT2D eigenvalue weighted by molar-refractivity contribution is -0.129. The molecule has 3 rings (SSSR count). The van der Waals surface area contributed by atoms with Gasteiger partial charge in [-0.1, -0.05) is 18.2 Å². The topological polar surface area (TPSA) is 90.9 Å². The van der Waals surface area contributed by atoms with Crippen LogP contribution in [0.4, 0.5) is 19.3 Å². The van der Waals surface area contributed by atoms with Crippen LogP contribution in [-0.2, 0) is 4.79 Å². The number of carbonyl (C=O) groups is 2. The van der Waals surface area contributed by atoms with Crippen molar-refractivity contribution in [2.75, 3.05) is 32.1 Å². The number of urea groups is 1. The van der Waals surface area contributed by atoms with Gasteiger partial charge in [-0.05, 0) is 12.1 Å². The number of para-hydroxylation sites is 1. The van der Waals surface area contributed by atoms with Crippen molar-refractivity contribution < 1.29 is 28.2 Å². The molecular weight excluding hydrogens is 384 g/mol. The van der Waals surface area contributed by atoms with Crippen molar-refractivity contribution in [3.63, 3.8) is 0 Å². The highest BCUT2D eigenvalue weighted by atomic mass is 19.1. The van der Waals surface area contributed by atoms with Gasteiger partial charge in [-0.25, -0.2) is 13.6 Å². The predicted molar refractivity (Wildman–Crippen MR) is 102 cm³/mol. The number of hydrogen-bond acceptors (Lipinski definition) is 4. The molecule has 2 aromatic rings. The maximum Gasteiger partial charge on any atom is 0.319 e. The van der Waals surface area contributed by atoms with Crippen molar-refractivity contribution in [3.8, 4) is 5.75 Å². The number of nitrogens with zero attached hydrogens (tertiary/aromatic N) is 1. The summed E-state index contributed by atoms with van der Waals surface area (Å²) in [6.07, 6.45) is 0. The summed E-state index contributed by atoms with van der Waals surface area (Å²) < 4.78 is 34.1. The van der Waals surface area contributed by atoms with Gasteiger partial charge in [0.15, 0.2) is 0 Å². The largest absolute Gasteiger partial charge is 0.497 e. The van der Waals surface area contributed by atoms with Gasteiger partial charge >= 0.3 is 6.03 Å². The van der Waals surface area contributed by atoms with Crippen LogP contribution in [0.25, 0.3) is 0 Å². The number of nitrogens with one attached hydrogen (secondary N) is 2. The van der Waals surface area contributed by atoms with Crippen LogP contribution < -0.4 is 15.4 Å². The number of aliphatic hydroxyl groups excluding tert-OH is 1. The van der Waals surface area contributed by atoms with Gasteiger partial charge in [0.2, 0.25) is 5.91 Å². The quantitative estimate of drug-likeness (QED) is 0.686. The first-order valence-corrected chi connectivity index (χ1v) is 8.99. The number of rotatable bonds is 6. The number of aliphatic hydroxyl groups is 1. The van der Waals surface area contributed by atoms with Gasteiger partial charge in [0.05, 0.1) is 13.7 Å². The van der Waals surface area contributed by atoms with E-state index < -0.39 is 35.5 Å². The molecule has 2 unspecified atom stereocenters. The number of β-amino-alcohol motifs (C(OH)–C–C–N with tert-alkyl or cyclic N) is 1. The van der Waals surface area contributed by atoms with Crippen LogP contribution >= 0.6 is 0 Å². The Balaban J connectivity index is 1.88. The molecule has 1 saturated heterocycles. The van der Waals surface area contributed by atoms with Crippen molar-refractivity contribution >= 4 is 17.6 Å². The molecule has 9 heteroatoms. The summed E-state index contributed by atoms with van der Waals surface area (Å²) in [4.78, 5) is 26.4. The Morgan fingerprint density at radius 3 is 2.48 bits per heavy atom. The number of halogens is 2. The molecule has 2 aromatic carbocycles. The molecule has 1 aliphatic heterocycles. The highest BCUT2D eigenvalue weighted by molar-refractivity contribution is 5.95. The van der Waals surface area contributed by atoms with Crippen molar-refractivity contribution in [1.82, 2.24) is 10.2 Å². The van der Waals surface area contributed by atoms with Gasteiger partial charge in [0.25, 0.3) is 0 Å². The van der Waals surface area contributed by atoms with Crippen molar-refractivity contribution in [3.05, 3.63) is 59.7 Å². The van der Waals surface area contributed by atoms with Crippen molar-refractivity contribution in [2.24, 2.45) is 0 Å². The van der Waals surface area contributed by atoms with Crippen LogP contribution in [-0.4, -0.2) is 54.8 Å². The standard InChI is InChI=1S/C20H21F2N3O4/c1-29-13-9-15(21)17(16(22)10-13)14-11-25(7-8-26)19(27)18(14)24-20(28)23-12-5-3-2-4-6-12/h2-6,9-10,14,18,26H,7-8,11H2,1H3,(H2,23,24,28). The zero-order valence-electron chi connectivity index (χ0n) is 15.7. The average molecular weight is 405 g/mol. The van der Waals surface area contributed by atoms with E-state index in [0.29, 0.717) is 5.69 Å². The third kappa shape index (κ3) is 4.45. The van der Waals surface area contributed by atoms with E-state index in [-0.39, 0.29) is 31.0 Å². The van der Waals surface area contributed by atoms with Gasteiger partial charge in [-0.2, -0.15) is 0 Å². The molecule has 0 radical (unpaired) electrons. The Bertz CT molecular complexity index is 872. The number of amides is 3. The Hall–Kier alpha value is -3.20.